The number of carbonyl (C=O) groups is 2. The van der Waals surface area contributed by atoms with Crippen LogP contribution in [0.1, 0.15) is 20.8 Å². The summed E-state index contributed by atoms with van der Waals surface area (Å²) in [5.41, 5.74) is -0.362. The van der Waals surface area contributed by atoms with Gasteiger partial charge in [0, 0.05) is 17.9 Å². The summed E-state index contributed by atoms with van der Waals surface area (Å²) >= 11 is 0. The van der Waals surface area contributed by atoms with Crippen LogP contribution in [0.2, 0.25) is 0 Å². The molecule has 6 heteroatoms. The number of imide groups is 1. The van der Waals surface area contributed by atoms with Gasteiger partial charge >= 0.3 is 6.03 Å². The third-order valence-corrected chi connectivity index (χ3v) is 1.63. The molecule has 0 aliphatic carbocycles. The van der Waals surface area contributed by atoms with Gasteiger partial charge in [-0.15, -0.1) is 0 Å². The molecule has 0 aromatic carbocycles. The quantitative estimate of drug-likeness (QED) is 0.768. The first kappa shape index (κ1) is 12.2. The third-order valence-electron chi connectivity index (χ3n) is 1.63. The van der Waals surface area contributed by atoms with E-state index in [-0.39, 0.29) is 18.0 Å². The summed E-state index contributed by atoms with van der Waals surface area (Å²) in [6.45, 7) is 5.60. The lowest BCUT2D eigenvalue weighted by molar-refractivity contribution is -0.120. The first-order valence-electron chi connectivity index (χ1n) is 4.94. The van der Waals surface area contributed by atoms with Crippen LogP contribution in [0.4, 0.5) is 4.79 Å². The number of hydrogen-bond acceptors (Lipinski definition) is 3. The number of amides is 3. The Morgan fingerprint density at radius 3 is 2.56 bits per heavy atom. The number of imidazole rings is 1. The molecule has 88 valence electrons. The standard InChI is InChI=1S/C10H16N4O2/c1-10(2,3)13-9(16)12-8(15)6-14-5-4-11-7-14/h4-5,7H,6H2,1-3H3,(H2,12,13,15,16). The number of urea groups is 1. The molecular formula is C10H16N4O2. The summed E-state index contributed by atoms with van der Waals surface area (Å²) in [5, 5.41) is 4.87. The summed E-state index contributed by atoms with van der Waals surface area (Å²) in [6, 6.07) is -0.488. The van der Waals surface area contributed by atoms with Gasteiger partial charge in [-0.25, -0.2) is 9.78 Å². The van der Waals surface area contributed by atoms with Crippen molar-refractivity contribution in [3.8, 4) is 0 Å². The van der Waals surface area contributed by atoms with Crippen molar-refractivity contribution >= 4 is 11.9 Å². The predicted molar refractivity (Wildman–Crippen MR) is 58.7 cm³/mol. The fourth-order valence-electron chi connectivity index (χ4n) is 1.08. The lowest BCUT2D eigenvalue weighted by Crippen LogP contribution is -2.48. The van der Waals surface area contributed by atoms with Crippen molar-refractivity contribution in [3.05, 3.63) is 18.7 Å². The Kier molecular flexibility index (Phi) is 3.65. The average Bonchev–Trinajstić information content (AvgIpc) is 2.51. The van der Waals surface area contributed by atoms with Crippen molar-refractivity contribution in [1.82, 2.24) is 20.2 Å². The molecule has 0 bridgehead atoms. The highest BCUT2D eigenvalue weighted by Gasteiger charge is 2.15. The van der Waals surface area contributed by atoms with Gasteiger partial charge in [0.15, 0.2) is 0 Å². The molecule has 0 radical (unpaired) electrons. The number of nitrogens with one attached hydrogen (secondary N) is 2. The largest absolute Gasteiger partial charge is 0.333 e. The Morgan fingerprint density at radius 1 is 1.38 bits per heavy atom. The Balaban J connectivity index is 2.37. The molecule has 0 atom stereocenters. The molecule has 1 heterocycles. The molecule has 0 spiro atoms. The maximum Gasteiger partial charge on any atom is 0.321 e. The van der Waals surface area contributed by atoms with Gasteiger partial charge in [-0.1, -0.05) is 0 Å². The molecule has 0 aliphatic heterocycles. The van der Waals surface area contributed by atoms with Gasteiger partial charge in [0.25, 0.3) is 0 Å². The van der Waals surface area contributed by atoms with Crippen LogP contribution in [0.25, 0.3) is 0 Å². The minimum Gasteiger partial charge on any atom is -0.333 e. The number of rotatable bonds is 2. The van der Waals surface area contributed by atoms with Crippen LogP contribution in [0, 0.1) is 0 Å². The Hall–Kier alpha value is -1.85. The van der Waals surface area contributed by atoms with Crippen molar-refractivity contribution in [1.29, 1.82) is 0 Å². The van der Waals surface area contributed by atoms with Gasteiger partial charge in [0.2, 0.25) is 5.91 Å². The molecule has 0 unspecified atom stereocenters. The topological polar surface area (TPSA) is 76.0 Å². The van der Waals surface area contributed by atoms with Gasteiger partial charge < -0.3 is 9.88 Å². The molecule has 0 aliphatic rings. The highest BCUT2D eigenvalue weighted by Crippen LogP contribution is 1.97. The number of carbonyl (C=O) groups excluding carboxylic acids is 2. The van der Waals surface area contributed by atoms with E-state index < -0.39 is 6.03 Å². The number of hydrogen-bond donors (Lipinski definition) is 2. The van der Waals surface area contributed by atoms with Crippen LogP contribution in [-0.4, -0.2) is 27.0 Å². The monoisotopic (exact) mass is 224 g/mol. The summed E-state index contributed by atoms with van der Waals surface area (Å²) < 4.78 is 1.58. The van der Waals surface area contributed by atoms with Crippen molar-refractivity contribution in [2.45, 2.75) is 32.9 Å². The molecule has 1 rings (SSSR count). The first-order chi connectivity index (χ1) is 7.37. The van der Waals surface area contributed by atoms with Crippen LogP contribution in [0.15, 0.2) is 18.7 Å². The van der Waals surface area contributed by atoms with Crippen molar-refractivity contribution in [2.75, 3.05) is 0 Å². The molecule has 16 heavy (non-hydrogen) atoms. The lowest BCUT2D eigenvalue weighted by atomic mass is 10.1. The zero-order valence-corrected chi connectivity index (χ0v) is 9.65. The van der Waals surface area contributed by atoms with Crippen molar-refractivity contribution in [3.63, 3.8) is 0 Å². The second-order valence-corrected chi connectivity index (χ2v) is 4.49. The van der Waals surface area contributed by atoms with Crippen molar-refractivity contribution in [2.24, 2.45) is 0 Å². The molecule has 0 fully saturated rings. The van der Waals surface area contributed by atoms with E-state index in [0.29, 0.717) is 0 Å². The molecule has 1 aromatic rings. The van der Waals surface area contributed by atoms with Crippen LogP contribution in [0.3, 0.4) is 0 Å². The fraction of sp³-hybridized carbons (Fsp3) is 0.500. The van der Waals surface area contributed by atoms with Gasteiger partial charge in [-0.3, -0.25) is 10.1 Å². The van der Waals surface area contributed by atoms with Gasteiger partial charge in [0.05, 0.1) is 6.33 Å². The molecule has 3 amide bonds. The van der Waals surface area contributed by atoms with E-state index in [0.717, 1.165) is 0 Å². The van der Waals surface area contributed by atoms with Gasteiger partial charge in [-0.05, 0) is 20.8 Å². The number of nitrogens with zero attached hydrogens (tertiary/aromatic N) is 2. The molecule has 0 saturated heterocycles. The maximum atomic E-state index is 11.4. The third kappa shape index (κ3) is 4.59. The molecular weight excluding hydrogens is 208 g/mol. The van der Waals surface area contributed by atoms with Crippen molar-refractivity contribution < 1.29 is 9.59 Å². The number of aromatic nitrogens is 2. The Labute approximate surface area is 94.0 Å². The normalized spacial score (nSPS) is 10.9. The van der Waals surface area contributed by atoms with E-state index in [1.54, 1.807) is 17.0 Å². The van der Waals surface area contributed by atoms with Crippen LogP contribution < -0.4 is 10.6 Å². The summed E-state index contributed by atoms with van der Waals surface area (Å²) in [7, 11) is 0. The van der Waals surface area contributed by atoms with E-state index in [2.05, 4.69) is 15.6 Å². The van der Waals surface area contributed by atoms with Crippen LogP contribution in [0.5, 0.6) is 0 Å². The highest BCUT2D eigenvalue weighted by atomic mass is 16.2. The lowest BCUT2D eigenvalue weighted by Gasteiger charge is -2.20. The SMILES string of the molecule is CC(C)(C)NC(=O)NC(=O)Cn1ccnc1. The predicted octanol–water partition coefficient (Wildman–Crippen LogP) is 0.507. The first-order valence-corrected chi connectivity index (χ1v) is 4.94. The van der Waals surface area contributed by atoms with Crippen LogP contribution in [-0.2, 0) is 11.3 Å². The Bertz CT molecular complexity index is 365. The molecule has 2 N–H and O–H groups in total. The summed E-state index contributed by atoms with van der Waals surface area (Å²) in [5.74, 6) is -0.375. The second kappa shape index (κ2) is 4.78. The van der Waals surface area contributed by atoms with Crippen LogP contribution >= 0.6 is 0 Å². The maximum absolute atomic E-state index is 11.4. The van der Waals surface area contributed by atoms with Gasteiger partial charge in [0.1, 0.15) is 6.54 Å². The summed E-state index contributed by atoms with van der Waals surface area (Å²) in [4.78, 5) is 26.5. The van der Waals surface area contributed by atoms with E-state index in [4.69, 9.17) is 0 Å². The minimum absolute atomic E-state index is 0.0809. The average molecular weight is 224 g/mol. The van der Waals surface area contributed by atoms with E-state index in [1.165, 1.54) is 6.33 Å². The second-order valence-electron chi connectivity index (χ2n) is 4.49. The molecule has 0 saturated carbocycles. The summed E-state index contributed by atoms with van der Waals surface area (Å²) in [6.07, 6.45) is 4.74. The Morgan fingerprint density at radius 2 is 2.06 bits per heavy atom. The molecule has 6 nitrogen and oxygen atoms in total. The highest BCUT2D eigenvalue weighted by molar-refractivity contribution is 5.94. The smallest absolute Gasteiger partial charge is 0.321 e. The zero-order valence-electron chi connectivity index (χ0n) is 9.65. The minimum atomic E-state index is -0.488. The van der Waals surface area contributed by atoms with E-state index in [9.17, 15) is 9.59 Å². The zero-order chi connectivity index (χ0) is 12.2. The van der Waals surface area contributed by atoms with E-state index in [1.807, 2.05) is 20.8 Å². The van der Waals surface area contributed by atoms with E-state index >= 15 is 0 Å². The van der Waals surface area contributed by atoms with Gasteiger partial charge in [-0.2, -0.15) is 0 Å². The fourth-order valence-corrected chi connectivity index (χ4v) is 1.08. The molecule has 1 aromatic heterocycles.